The van der Waals surface area contributed by atoms with Crippen LogP contribution in [0.1, 0.15) is 36.6 Å². The highest BCUT2D eigenvalue weighted by Crippen LogP contribution is 2.33. The first-order chi connectivity index (χ1) is 7.51. The van der Waals surface area contributed by atoms with Crippen molar-refractivity contribution >= 4 is 11.3 Å². The first-order valence-electron chi connectivity index (χ1n) is 5.97. The van der Waals surface area contributed by atoms with Gasteiger partial charge in [0.1, 0.15) is 5.01 Å². The lowest BCUT2D eigenvalue weighted by molar-refractivity contribution is 0.131. The van der Waals surface area contributed by atoms with Gasteiger partial charge < -0.3 is 10.6 Å². The second-order valence-electron chi connectivity index (χ2n) is 5.06. The summed E-state index contributed by atoms with van der Waals surface area (Å²) in [5, 5.41) is 1.12. The van der Waals surface area contributed by atoms with Crippen LogP contribution >= 0.6 is 11.3 Å². The molecule has 0 amide bonds. The van der Waals surface area contributed by atoms with Crippen molar-refractivity contribution in [1.29, 1.82) is 0 Å². The second-order valence-corrected chi connectivity index (χ2v) is 6.30. The highest BCUT2D eigenvalue weighted by atomic mass is 32.1. The largest absolute Gasteiger partial charge is 0.319 e. The van der Waals surface area contributed by atoms with Crippen LogP contribution in [-0.4, -0.2) is 29.0 Å². The van der Waals surface area contributed by atoms with Gasteiger partial charge in [-0.3, -0.25) is 0 Å². The molecule has 1 aliphatic rings. The van der Waals surface area contributed by atoms with Crippen LogP contribution in [-0.2, 0) is 5.54 Å². The van der Waals surface area contributed by atoms with Crippen LogP contribution in [0.15, 0.2) is 6.20 Å². The fourth-order valence-corrected chi connectivity index (χ4v) is 3.16. The molecular weight excluding hydrogens is 218 g/mol. The number of nitrogens with two attached hydrogens (primary N) is 1. The normalized spacial score (nSPS) is 21.6. The summed E-state index contributed by atoms with van der Waals surface area (Å²) in [5.74, 6) is 0. The van der Waals surface area contributed by atoms with Crippen LogP contribution in [0.4, 0.5) is 0 Å². The number of thiazole rings is 1. The molecule has 1 aromatic rings. The van der Waals surface area contributed by atoms with Gasteiger partial charge in [-0.1, -0.05) is 0 Å². The maximum atomic E-state index is 6.48. The number of rotatable bonds is 2. The monoisotopic (exact) mass is 239 g/mol. The van der Waals surface area contributed by atoms with Gasteiger partial charge in [-0.25, -0.2) is 4.98 Å². The molecule has 1 aromatic heterocycles. The number of aryl methyl sites for hydroxylation is 1. The van der Waals surface area contributed by atoms with Crippen molar-refractivity contribution in [3.8, 4) is 0 Å². The summed E-state index contributed by atoms with van der Waals surface area (Å²) in [4.78, 5) is 8.20. The molecule has 90 valence electrons. The Labute approximate surface area is 102 Å². The Morgan fingerprint density at radius 3 is 2.50 bits per heavy atom. The van der Waals surface area contributed by atoms with Crippen LogP contribution in [0, 0.1) is 6.92 Å². The van der Waals surface area contributed by atoms with E-state index in [0.717, 1.165) is 30.9 Å². The third kappa shape index (κ3) is 2.29. The molecule has 0 aromatic carbocycles. The summed E-state index contributed by atoms with van der Waals surface area (Å²) in [6.07, 6.45) is 3.99. The maximum absolute atomic E-state index is 6.48. The molecule has 0 bridgehead atoms. The van der Waals surface area contributed by atoms with Crippen molar-refractivity contribution in [2.24, 2.45) is 5.73 Å². The van der Waals surface area contributed by atoms with Crippen LogP contribution in [0.5, 0.6) is 0 Å². The topological polar surface area (TPSA) is 42.1 Å². The molecule has 1 fully saturated rings. The zero-order chi connectivity index (χ0) is 11.8. The van der Waals surface area contributed by atoms with E-state index in [1.54, 1.807) is 11.3 Å². The summed E-state index contributed by atoms with van der Waals surface area (Å²) in [7, 11) is 0. The molecule has 1 aliphatic heterocycles. The van der Waals surface area contributed by atoms with Crippen LogP contribution in [0.2, 0.25) is 0 Å². The van der Waals surface area contributed by atoms with Gasteiger partial charge in [0.25, 0.3) is 0 Å². The van der Waals surface area contributed by atoms with Crippen LogP contribution < -0.4 is 5.73 Å². The Bertz CT molecular complexity index is 351. The third-order valence-electron chi connectivity index (χ3n) is 3.47. The Morgan fingerprint density at radius 2 is 2.06 bits per heavy atom. The number of aromatic nitrogens is 1. The van der Waals surface area contributed by atoms with Gasteiger partial charge in [0.05, 0.1) is 5.54 Å². The van der Waals surface area contributed by atoms with E-state index in [1.807, 2.05) is 6.20 Å². The van der Waals surface area contributed by atoms with Gasteiger partial charge in [0.15, 0.2) is 0 Å². The molecular formula is C12H21N3S. The van der Waals surface area contributed by atoms with E-state index >= 15 is 0 Å². The van der Waals surface area contributed by atoms with Crippen molar-refractivity contribution in [3.63, 3.8) is 0 Å². The first-order valence-corrected chi connectivity index (χ1v) is 6.79. The van der Waals surface area contributed by atoms with Gasteiger partial charge in [-0.2, -0.15) is 0 Å². The fraction of sp³-hybridized carbons (Fsp3) is 0.750. The Morgan fingerprint density at radius 1 is 1.44 bits per heavy atom. The molecule has 0 radical (unpaired) electrons. The lowest BCUT2D eigenvalue weighted by Gasteiger charge is -2.39. The maximum Gasteiger partial charge on any atom is 0.113 e. The predicted octanol–water partition coefficient (Wildman–Crippen LogP) is 2.11. The molecule has 0 spiro atoms. The number of piperidine rings is 1. The van der Waals surface area contributed by atoms with E-state index in [1.165, 1.54) is 4.88 Å². The summed E-state index contributed by atoms with van der Waals surface area (Å²) in [6, 6.07) is 0.627. The Hall–Kier alpha value is -0.450. The number of likely N-dealkylation sites (tertiary alicyclic amines) is 1. The number of hydrogen-bond donors (Lipinski definition) is 1. The molecule has 1 saturated heterocycles. The average Bonchev–Trinajstić information content (AvgIpc) is 2.66. The molecule has 2 rings (SSSR count). The Balaban J connectivity index is 2.06. The van der Waals surface area contributed by atoms with E-state index in [2.05, 4.69) is 30.7 Å². The minimum atomic E-state index is -0.176. The fourth-order valence-electron chi connectivity index (χ4n) is 2.24. The molecule has 0 atom stereocenters. The van der Waals surface area contributed by atoms with Crippen molar-refractivity contribution in [2.75, 3.05) is 13.1 Å². The SMILES string of the molecule is Cc1cnc(C2(N)CCN(C(C)C)CC2)s1. The van der Waals surface area contributed by atoms with Gasteiger partial charge in [-0.05, 0) is 33.6 Å². The molecule has 16 heavy (non-hydrogen) atoms. The van der Waals surface area contributed by atoms with Crippen LogP contribution in [0.3, 0.4) is 0 Å². The first kappa shape index (κ1) is 12.0. The zero-order valence-corrected chi connectivity index (χ0v) is 11.2. The van der Waals surface area contributed by atoms with Gasteiger partial charge in [-0.15, -0.1) is 11.3 Å². The van der Waals surface area contributed by atoms with E-state index in [9.17, 15) is 0 Å². The van der Waals surface area contributed by atoms with Crippen molar-refractivity contribution in [2.45, 2.75) is 45.2 Å². The lowest BCUT2D eigenvalue weighted by Crippen LogP contribution is -2.49. The van der Waals surface area contributed by atoms with Crippen molar-refractivity contribution in [1.82, 2.24) is 9.88 Å². The summed E-state index contributed by atoms with van der Waals surface area (Å²) >= 11 is 1.75. The van der Waals surface area contributed by atoms with Gasteiger partial charge in [0.2, 0.25) is 0 Å². The van der Waals surface area contributed by atoms with Gasteiger partial charge >= 0.3 is 0 Å². The summed E-state index contributed by atoms with van der Waals surface area (Å²) in [5.41, 5.74) is 6.30. The van der Waals surface area contributed by atoms with E-state index in [0.29, 0.717) is 6.04 Å². The van der Waals surface area contributed by atoms with E-state index < -0.39 is 0 Å². The van der Waals surface area contributed by atoms with Crippen molar-refractivity contribution in [3.05, 3.63) is 16.1 Å². The minimum Gasteiger partial charge on any atom is -0.319 e. The van der Waals surface area contributed by atoms with Gasteiger partial charge in [0, 0.05) is 30.2 Å². The number of nitrogens with zero attached hydrogens (tertiary/aromatic N) is 2. The van der Waals surface area contributed by atoms with E-state index in [4.69, 9.17) is 5.73 Å². The second kappa shape index (κ2) is 4.43. The highest BCUT2D eigenvalue weighted by Gasteiger charge is 2.35. The molecule has 0 unspecified atom stereocenters. The average molecular weight is 239 g/mol. The predicted molar refractivity (Wildman–Crippen MR) is 68.7 cm³/mol. The highest BCUT2D eigenvalue weighted by molar-refractivity contribution is 7.11. The summed E-state index contributed by atoms with van der Waals surface area (Å²) in [6.45, 7) is 8.77. The molecule has 2 N–H and O–H groups in total. The van der Waals surface area contributed by atoms with E-state index in [-0.39, 0.29) is 5.54 Å². The standard InChI is InChI=1S/C12H21N3S/c1-9(2)15-6-4-12(13,5-7-15)11-14-8-10(3)16-11/h8-9H,4-7,13H2,1-3H3. The quantitative estimate of drug-likeness (QED) is 0.859. The molecule has 0 aliphatic carbocycles. The molecule has 3 nitrogen and oxygen atoms in total. The molecule has 0 saturated carbocycles. The van der Waals surface area contributed by atoms with Crippen LogP contribution in [0.25, 0.3) is 0 Å². The summed E-state index contributed by atoms with van der Waals surface area (Å²) < 4.78 is 0. The smallest absolute Gasteiger partial charge is 0.113 e. The lowest BCUT2D eigenvalue weighted by atomic mass is 9.89. The Kier molecular flexibility index (Phi) is 3.33. The number of hydrogen-bond acceptors (Lipinski definition) is 4. The zero-order valence-electron chi connectivity index (χ0n) is 10.4. The minimum absolute atomic E-state index is 0.176. The van der Waals surface area contributed by atoms with Crippen molar-refractivity contribution < 1.29 is 0 Å². The molecule has 4 heteroatoms. The molecule has 2 heterocycles. The third-order valence-corrected chi connectivity index (χ3v) is 4.60.